The number of hydrogen-bond donors (Lipinski definition) is 0. The van der Waals surface area contributed by atoms with Crippen molar-refractivity contribution in [2.45, 2.75) is 13.3 Å². The summed E-state index contributed by atoms with van der Waals surface area (Å²) in [6.45, 7) is 2.34. The number of rotatable bonds is 6. The topological polar surface area (TPSA) is 74.5 Å². The molecule has 0 atom stereocenters. The molecule has 0 aliphatic carbocycles. The van der Waals surface area contributed by atoms with E-state index in [1.165, 1.54) is 12.3 Å². The summed E-state index contributed by atoms with van der Waals surface area (Å²) >= 11 is 3.27. The van der Waals surface area contributed by atoms with E-state index in [-0.39, 0.29) is 17.2 Å². The maximum atomic E-state index is 11.3. The van der Waals surface area contributed by atoms with Crippen LogP contribution < -0.4 is 9.47 Å². The van der Waals surface area contributed by atoms with E-state index in [4.69, 9.17) is 9.47 Å². The quantitative estimate of drug-likeness (QED) is 0.571. The number of nitro benzene ring substituents is 1. The van der Waals surface area contributed by atoms with Crippen LogP contribution in [-0.2, 0) is 0 Å². The van der Waals surface area contributed by atoms with Crippen LogP contribution in [0, 0.1) is 10.1 Å². The first kappa shape index (κ1) is 15.2. The molecule has 21 heavy (non-hydrogen) atoms. The van der Waals surface area contributed by atoms with Gasteiger partial charge in [-0.05, 0) is 40.5 Å². The van der Waals surface area contributed by atoms with Crippen molar-refractivity contribution in [2.75, 3.05) is 6.61 Å². The van der Waals surface area contributed by atoms with Gasteiger partial charge in [0.05, 0.1) is 17.7 Å². The highest BCUT2D eigenvalue weighted by atomic mass is 79.9. The first-order valence-corrected chi connectivity index (χ1v) is 7.09. The van der Waals surface area contributed by atoms with E-state index >= 15 is 0 Å². The molecule has 0 N–H and O–H groups in total. The molecule has 110 valence electrons. The van der Waals surface area contributed by atoms with Crippen LogP contribution in [0.4, 0.5) is 5.69 Å². The molecule has 0 bridgehead atoms. The van der Waals surface area contributed by atoms with Crippen molar-refractivity contribution >= 4 is 21.6 Å². The monoisotopic (exact) mass is 352 g/mol. The molecule has 0 aliphatic heterocycles. The van der Waals surface area contributed by atoms with E-state index in [1.807, 2.05) is 6.92 Å². The van der Waals surface area contributed by atoms with Crippen LogP contribution in [0.25, 0.3) is 0 Å². The Morgan fingerprint density at radius 3 is 2.76 bits per heavy atom. The van der Waals surface area contributed by atoms with Crippen molar-refractivity contribution in [3.8, 4) is 17.2 Å². The minimum Gasteiger partial charge on any atom is -0.487 e. The zero-order valence-electron chi connectivity index (χ0n) is 11.3. The summed E-state index contributed by atoms with van der Waals surface area (Å²) in [7, 11) is 0. The van der Waals surface area contributed by atoms with Gasteiger partial charge in [0, 0.05) is 10.7 Å². The summed E-state index contributed by atoms with van der Waals surface area (Å²) in [4.78, 5) is 14.7. The molecule has 0 aliphatic rings. The van der Waals surface area contributed by atoms with Gasteiger partial charge >= 0.3 is 5.69 Å². The normalized spacial score (nSPS) is 10.2. The van der Waals surface area contributed by atoms with Crippen molar-refractivity contribution in [1.29, 1.82) is 0 Å². The molecule has 0 amide bonds. The third-order valence-electron chi connectivity index (χ3n) is 2.51. The third kappa shape index (κ3) is 3.91. The first-order valence-electron chi connectivity index (χ1n) is 6.30. The van der Waals surface area contributed by atoms with Gasteiger partial charge in [-0.3, -0.25) is 15.1 Å². The molecule has 2 rings (SSSR count). The fourth-order valence-electron chi connectivity index (χ4n) is 1.67. The molecular formula is C14H13BrN2O4. The number of ether oxygens (including phenoxy) is 2. The first-order chi connectivity index (χ1) is 10.1. The van der Waals surface area contributed by atoms with E-state index < -0.39 is 4.92 Å². The van der Waals surface area contributed by atoms with Crippen molar-refractivity contribution < 1.29 is 14.4 Å². The molecule has 0 saturated carbocycles. The Labute approximate surface area is 130 Å². The highest BCUT2D eigenvalue weighted by Crippen LogP contribution is 2.39. The lowest BCUT2D eigenvalue weighted by atomic mass is 10.2. The van der Waals surface area contributed by atoms with Crippen molar-refractivity contribution in [3.05, 3.63) is 51.2 Å². The maximum Gasteiger partial charge on any atom is 0.352 e. The number of hydrogen-bond acceptors (Lipinski definition) is 5. The highest BCUT2D eigenvalue weighted by Gasteiger charge is 2.23. The average Bonchev–Trinajstić information content (AvgIpc) is 2.45. The van der Waals surface area contributed by atoms with Crippen LogP contribution in [0.1, 0.15) is 13.3 Å². The second kappa shape index (κ2) is 7.03. The number of nitrogens with zero attached hydrogens (tertiary/aromatic N) is 2. The van der Waals surface area contributed by atoms with E-state index in [1.54, 1.807) is 24.4 Å². The van der Waals surface area contributed by atoms with Gasteiger partial charge in [0.15, 0.2) is 0 Å². The molecule has 6 nitrogen and oxygen atoms in total. The summed E-state index contributed by atoms with van der Waals surface area (Å²) in [6, 6.07) is 6.41. The highest BCUT2D eigenvalue weighted by molar-refractivity contribution is 9.10. The molecule has 0 saturated heterocycles. The summed E-state index contributed by atoms with van der Waals surface area (Å²) in [5.41, 5.74) is -0.189. The largest absolute Gasteiger partial charge is 0.487 e. The molecule has 0 radical (unpaired) electrons. The van der Waals surface area contributed by atoms with Gasteiger partial charge in [-0.15, -0.1) is 0 Å². The standard InChI is InChI=1S/C14H13BrN2O4/c1-2-6-20-12-4-3-5-13(14(12)17(18)19)21-11-7-10(15)8-16-9-11/h3-5,7-9H,2,6H2,1H3. The van der Waals surface area contributed by atoms with Crippen molar-refractivity contribution in [2.24, 2.45) is 0 Å². The molecular weight excluding hydrogens is 340 g/mol. The Balaban J connectivity index is 2.36. The van der Waals surface area contributed by atoms with Crippen LogP contribution in [0.3, 0.4) is 0 Å². The number of halogens is 1. The minimum absolute atomic E-state index is 0.119. The van der Waals surface area contributed by atoms with Crippen molar-refractivity contribution in [3.63, 3.8) is 0 Å². The lowest BCUT2D eigenvalue weighted by molar-refractivity contribution is -0.386. The van der Waals surface area contributed by atoms with E-state index in [9.17, 15) is 10.1 Å². The Kier molecular flexibility index (Phi) is 5.10. The zero-order valence-corrected chi connectivity index (χ0v) is 12.9. The third-order valence-corrected chi connectivity index (χ3v) is 2.95. The fraction of sp³-hybridized carbons (Fsp3) is 0.214. The molecule has 0 unspecified atom stereocenters. The predicted molar refractivity (Wildman–Crippen MR) is 80.9 cm³/mol. The van der Waals surface area contributed by atoms with E-state index in [0.717, 1.165) is 10.9 Å². The number of pyridine rings is 1. The maximum absolute atomic E-state index is 11.3. The summed E-state index contributed by atoms with van der Waals surface area (Å²) < 4.78 is 11.7. The number of benzene rings is 1. The molecule has 1 aromatic carbocycles. The van der Waals surface area contributed by atoms with E-state index in [2.05, 4.69) is 20.9 Å². The molecule has 7 heteroatoms. The summed E-state index contributed by atoms with van der Waals surface area (Å²) in [6.07, 6.45) is 3.84. The van der Waals surface area contributed by atoms with Gasteiger partial charge < -0.3 is 9.47 Å². The Bertz CT molecular complexity index is 649. The van der Waals surface area contributed by atoms with Gasteiger partial charge in [0.1, 0.15) is 5.75 Å². The molecule has 0 fully saturated rings. The Morgan fingerprint density at radius 2 is 2.10 bits per heavy atom. The number of nitro groups is 1. The number of aromatic nitrogens is 1. The number of para-hydroxylation sites is 1. The smallest absolute Gasteiger partial charge is 0.352 e. The van der Waals surface area contributed by atoms with Crippen LogP contribution in [0.5, 0.6) is 17.2 Å². The van der Waals surface area contributed by atoms with Crippen LogP contribution in [-0.4, -0.2) is 16.5 Å². The summed E-state index contributed by atoms with van der Waals surface area (Å²) in [5.74, 6) is 0.718. The van der Waals surface area contributed by atoms with Crippen LogP contribution in [0.15, 0.2) is 41.1 Å². The van der Waals surface area contributed by atoms with Gasteiger partial charge in [-0.25, -0.2) is 0 Å². The Morgan fingerprint density at radius 1 is 1.33 bits per heavy atom. The van der Waals surface area contributed by atoms with Gasteiger partial charge in [0.25, 0.3) is 0 Å². The van der Waals surface area contributed by atoms with E-state index in [0.29, 0.717) is 12.4 Å². The van der Waals surface area contributed by atoms with Gasteiger partial charge in [-0.2, -0.15) is 0 Å². The lowest BCUT2D eigenvalue weighted by Crippen LogP contribution is -2.01. The van der Waals surface area contributed by atoms with Crippen LogP contribution >= 0.6 is 15.9 Å². The van der Waals surface area contributed by atoms with Crippen LogP contribution in [0.2, 0.25) is 0 Å². The SMILES string of the molecule is CCCOc1cccc(Oc2cncc(Br)c2)c1[N+](=O)[O-]. The predicted octanol–water partition coefficient (Wildman–Crippen LogP) is 4.33. The second-order valence-electron chi connectivity index (χ2n) is 4.15. The molecule has 2 aromatic rings. The average molecular weight is 353 g/mol. The molecule has 1 aromatic heterocycles. The Hall–Kier alpha value is -2.15. The minimum atomic E-state index is -0.508. The zero-order chi connectivity index (χ0) is 15.2. The van der Waals surface area contributed by atoms with Gasteiger partial charge in [-0.1, -0.05) is 13.0 Å². The fourth-order valence-corrected chi connectivity index (χ4v) is 2.01. The lowest BCUT2D eigenvalue weighted by Gasteiger charge is -2.10. The second-order valence-corrected chi connectivity index (χ2v) is 5.07. The van der Waals surface area contributed by atoms with Gasteiger partial charge in [0.2, 0.25) is 11.5 Å². The van der Waals surface area contributed by atoms with Crippen molar-refractivity contribution in [1.82, 2.24) is 4.98 Å². The summed E-state index contributed by atoms with van der Waals surface area (Å²) in [5, 5.41) is 11.3. The molecule has 0 spiro atoms. The molecule has 1 heterocycles.